The highest BCUT2D eigenvalue weighted by atomic mass is 16.5. The Bertz CT molecular complexity index is 476. The summed E-state index contributed by atoms with van der Waals surface area (Å²) in [5, 5.41) is 48.6. The van der Waals surface area contributed by atoms with Crippen LogP contribution in [-0.2, 0) is 9.53 Å². The summed E-state index contributed by atoms with van der Waals surface area (Å²) in [5.41, 5.74) is 0. The zero-order valence-corrected chi connectivity index (χ0v) is 21.9. The van der Waals surface area contributed by atoms with Gasteiger partial charge in [-0.05, 0) is 12.8 Å². The van der Waals surface area contributed by atoms with E-state index in [1.165, 1.54) is 82.6 Å². The first-order valence-corrected chi connectivity index (χ1v) is 13.5. The lowest BCUT2D eigenvalue weighted by molar-refractivity contribution is -0.169. The Hall–Kier alpha value is -0.770. The summed E-state index contributed by atoms with van der Waals surface area (Å²) in [4.78, 5) is 14.2. The van der Waals surface area contributed by atoms with E-state index >= 15 is 0 Å². The van der Waals surface area contributed by atoms with Gasteiger partial charge in [-0.1, -0.05) is 97.3 Å². The molecule has 0 aromatic rings. The number of methoxy groups -OCH3 is 1. The molecule has 1 amide bonds. The molecular formula is C26H53NO7. The van der Waals surface area contributed by atoms with Gasteiger partial charge in [0.15, 0.2) is 6.10 Å². The zero-order chi connectivity index (χ0) is 25.8. The minimum Gasteiger partial charge on any atom is -0.394 e. The predicted octanol–water partition coefficient (Wildman–Crippen LogP) is 3.11. The molecule has 0 aliphatic heterocycles. The molecule has 0 bridgehead atoms. The molecule has 0 saturated carbocycles. The van der Waals surface area contributed by atoms with E-state index < -0.39 is 43.2 Å². The first kappa shape index (κ1) is 33.2. The molecule has 0 aliphatic rings. The first-order valence-electron chi connectivity index (χ1n) is 13.5. The monoisotopic (exact) mass is 491 g/mol. The summed E-state index contributed by atoms with van der Waals surface area (Å²) in [6.45, 7) is 3.67. The third-order valence-corrected chi connectivity index (χ3v) is 6.51. The number of carbonyl (C=O) groups excluding carboxylic acids is 1. The van der Waals surface area contributed by atoms with Crippen LogP contribution < -0.4 is 0 Å². The number of aliphatic hydroxyl groups excluding tert-OH is 5. The van der Waals surface area contributed by atoms with Crippen molar-refractivity contribution < 1.29 is 35.1 Å². The summed E-state index contributed by atoms with van der Waals surface area (Å²) in [6, 6.07) is 0. The third kappa shape index (κ3) is 14.0. The summed E-state index contributed by atoms with van der Waals surface area (Å²) in [5.74, 6) is -0.764. The second-order valence-corrected chi connectivity index (χ2v) is 9.40. The molecule has 0 spiro atoms. The minimum absolute atomic E-state index is 0.367. The smallest absolute Gasteiger partial charge is 0.256 e. The van der Waals surface area contributed by atoms with Crippen molar-refractivity contribution in [3.05, 3.63) is 0 Å². The molecule has 8 heteroatoms. The summed E-state index contributed by atoms with van der Waals surface area (Å²) in [6.07, 6.45) is 9.80. The lowest BCUT2D eigenvalue weighted by Gasteiger charge is -2.34. The second kappa shape index (κ2) is 21.5. The molecule has 204 valence electrons. The van der Waals surface area contributed by atoms with E-state index in [1.54, 1.807) is 0 Å². The average Bonchev–Trinajstić information content (AvgIpc) is 2.85. The molecule has 0 aliphatic carbocycles. The molecule has 34 heavy (non-hydrogen) atoms. The number of rotatable bonds is 23. The minimum atomic E-state index is -1.92. The number of nitrogens with zero attached hydrogens (tertiary/aromatic N) is 1. The quantitative estimate of drug-likeness (QED) is 0.110. The van der Waals surface area contributed by atoms with Gasteiger partial charge in [0.05, 0.1) is 6.61 Å². The number of ether oxygens (including phenoxy) is 1. The first-order chi connectivity index (χ1) is 16.3. The van der Waals surface area contributed by atoms with Crippen molar-refractivity contribution in [1.82, 2.24) is 4.90 Å². The van der Waals surface area contributed by atoms with Crippen LogP contribution in [-0.4, -0.2) is 87.2 Å². The van der Waals surface area contributed by atoms with Gasteiger partial charge in [-0.25, -0.2) is 0 Å². The number of carbonyl (C=O) groups is 1. The highest BCUT2D eigenvalue weighted by Gasteiger charge is 2.37. The van der Waals surface area contributed by atoms with Crippen molar-refractivity contribution in [2.45, 2.75) is 141 Å². The molecule has 0 aromatic carbocycles. The maximum Gasteiger partial charge on any atom is 0.256 e. The van der Waals surface area contributed by atoms with Crippen LogP contribution in [0, 0.1) is 0 Å². The van der Waals surface area contributed by atoms with Crippen molar-refractivity contribution in [2.75, 3.05) is 20.3 Å². The number of hydrogen-bond donors (Lipinski definition) is 5. The van der Waals surface area contributed by atoms with E-state index in [2.05, 4.69) is 6.92 Å². The van der Waals surface area contributed by atoms with Crippen LogP contribution in [0.15, 0.2) is 0 Å². The average molecular weight is 492 g/mol. The predicted molar refractivity (Wildman–Crippen MR) is 134 cm³/mol. The SMILES string of the molecule is CCCCCCCCCCCCCCCCN(C(=O)C(O)C(O)C(O)C(O)CO)C(CC)OC. The highest BCUT2D eigenvalue weighted by Crippen LogP contribution is 2.16. The van der Waals surface area contributed by atoms with Crippen molar-refractivity contribution in [3.63, 3.8) is 0 Å². The Morgan fingerprint density at radius 3 is 1.56 bits per heavy atom. The fraction of sp³-hybridized carbons (Fsp3) is 0.962. The van der Waals surface area contributed by atoms with Gasteiger partial charge in [0.2, 0.25) is 0 Å². The standard InChI is InChI=1S/C26H53NO7/c1-4-6-7-8-9-10-11-12-13-14-15-16-17-18-19-27(22(5-2)34-3)26(33)25(32)24(31)23(30)21(29)20-28/h21-25,28-32H,4-20H2,1-3H3. The molecule has 0 fully saturated rings. The summed E-state index contributed by atoms with van der Waals surface area (Å²) in [7, 11) is 1.48. The van der Waals surface area contributed by atoms with Crippen LogP contribution in [0.1, 0.15) is 110 Å². The molecular weight excluding hydrogens is 438 g/mol. The van der Waals surface area contributed by atoms with Crippen LogP contribution in [0.4, 0.5) is 0 Å². The Kier molecular flexibility index (Phi) is 21.0. The molecule has 0 heterocycles. The molecule has 0 radical (unpaired) electrons. The van der Waals surface area contributed by atoms with E-state index in [9.17, 15) is 25.2 Å². The maximum atomic E-state index is 12.8. The normalized spacial score (nSPS) is 16.1. The van der Waals surface area contributed by atoms with Crippen molar-refractivity contribution in [1.29, 1.82) is 0 Å². The van der Waals surface area contributed by atoms with Crippen LogP contribution in [0.2, 0.25) is 0 Å². The zero-order valence-electron chi connectivity index (χ0n) is 21.9. The molecule has 5 atom stereocenters. The van der Waals surface area contributed by atoms with Gasteiger partial charge in [-0.3, -0.25) is 4.79 Å². The van der Waals surface area contributed by atoms with E-state index in [1.807, 2.05) is 6.92 Å². The molecule has 5 unspecified atom stereocenters. The van der Waals surface area contributed by atoms with E-state index in [0.717, 1.165) is 19.3 Å². The van der Waals surface area contributed by atoms with E-state index in [-0.39, 0.29) is 0 Å². The van der Waals surface area contributed by atoms with Crippen LogP contribution >= 0.6 is 0 Å². The topological polar surface area (TPSA) is 131 Å². The van der Waals surface area contributed by atoms with Gasteiger partial charge in [0.25, 0.3) is 5.91 Å². The van der Waals surface area contributed by atoms with Gasteiger partial charge in [-0.2, -0.15) is 0 Å². The van der Waals surface area contributed by atoms with Gasteiger partial charge in [-0.15, -0.1) is 0 Å². The lowest BCUT2D eigenvalue weighted by atomic mass is 10.0. The number of unbranched alkanes of at least 4 members (excludes halogenated alkanes) is 13. The van der Waals surface area contributed by atoms with Crippen LogP contribution in [0.3, 0.4) is 0 Å². The van der Waals surface area contributed by atoms with Gasteiger partial charge in [0, 0.05) is 13.7 Å². The van der Waals surface area contributed by atoms with Gasteiger partial charge < -0.3 is 35.2 Å². The van der Waals surface area contributed by atoms with Crippen molar-refractivity contribution in [2.24, 2.45) is 0 Å². The molecule has 0 aromatic heterocycles. The largest absolute Gasteiger partial charge is 0.394 e. The maximum absolute atomic E-state index is 12.8. The second-order valence-electron chi connectivity index (χ2n) is 9.40. The number of aliphatic hydroxyl groups is 5. The van der Waals surface area contributed by atoms with Gasteiger partial charge in [0.1, 0.15) is 24.5 Å². The molecule has 0 rings (SSSR count). The summed E-state index contributed by atoms with van der Waals surface area (Å²) >= 11 is 0. The van der Waals surface area contributed by atoms with Crippen molar-refractivity contribution in [3.8, 4) is 0 Å². The lowest BCUT2D eigenvalue weighted by Crippen LogP contribution is -2.55. The van der Waals surface area contributed by atoms with Crippen LogP contribution in [0.25, 0.3) is 0 Å². The molecule has 8 nitrogen and oxygen atoms in total. The Morgan fingerprint density at radius 2 is 1.18 bits per heavy atom. The molecule has 0 saturated heterocycles. The van der Waals surface area contributed by atoms with Gasteiger partial charge >= 0.3 is 0 Å². The van der Waals surface area contributed by atoms with E-state index in [0.29, 0.717) is 13.0 Å². The van der Waals surface area contributed by atoms with Crippen LogP contribution in [0.5, 0.6) is 0 Å². The fourth-order valence-corrected chi connectivity index (χ4v) is 4.23. The van der Waals surface area contributed by atoms with Crippen molar-refractivity contribution >= 4 is 5.91 Å². The Labute approximate surface area is 207 Å². The third-order valence-electron chi connectivity index (χ3n) is 6.51. The Balaban J connectivity index is 4.26. The number of hydrogen-bond acceptors (Lipinski definition) is 7. The number of amides is 1. The summed E-state index contributed by atoms with van der Waals surface area (Å²) < 4.78 is 5.37. The van der Waals surface area contributed by atoms with E-state index in [4.69, 9.17) is 9.84 Å². The highest BCUT2D eigenvalue weighted by molar-refractivity contribution is 5.81. The fourth-order valence-electron chi connectivity index (χ4n) is 4.23. The molecule has 5 N–H and O–H groups in total. The Morgan fingerprint density at radius 1 is 0.735 bits per heavy atom.